The van der Waals surface area contributed by atoms with Crippen LogP contribution in [0.3, 0.4) is 0 Å². The number of nitrogens with zero attached hydrogens (tertiary/aromatic N) is 2. The van der Waals surface area contributed by atoms with Gasteiger partial charge in [0.05, 0.1) is 31.0 Å². The summed E-state index contributed by atoms with van der Waals surface area (Å²) in [5, 5.41) is 11.9. The summed E-state index contributed by atoms with van der Waals surface area (Å²) in [4.78, 5) is 14.7. The highest BCUT2D eigenvalue weighted by Crippen LogP contribution is 2.28. The summed E-state index contributed by atoms with van der Waals surface area (Å²) in [7, 11) is 1.50. The van der Waals surface area contributed by atoms with Gasteiger partial charge in [-0.3, -0.25) is 9.69 Å². The smallest absolute Gasteiger partial charge is 0.258 e. The molecule has 1 atom stereocenters. The highest BCUT2D eigenvalue weighted by atomic mass is 16.5. The molecule has 2 heterocycles. The minimum absolute atomic E-state index is 0.0173. The Kier molecular flexibility index (Phi) is 6.93. The van der Waals surface area contributed by atoms with Crippen LogP contribution in [0.4, 0.5) is 0 Å². The summed E-state index contributed by atoms with van der Waals surface area (Å²) < 4.78 is 16.4. The number of furan rings is 1. The van der Waals surface area contributed by atoms with Crippen molar-refractivity contribution in [1.82, 2.24) is 10.2 Å². The van der Waals surface area contributed by atoms with Gasteiger partial charge in [0.2, 0.25) is 0 Å². The number of ether oxygens (including phenoxy) is 2. The van der Waals surface area contributed by atoms with Crippen molar-refractivity contribution < 1.29 is 18.7 Å². The van der Waals surface area contributed by atoms with Gasteiger partial charge < -0.3 is 19.2 Å². The number of hydrogen-bond acceptors (Lipinski definition) is 6. The molecule has 1 aromatic heterocycles. The molecule has 7 nitrogen and oxygen atoms in total. The highest BCUT2D eigenvalue weighted by molar-refractivity contribution is 5.77. The maximum absolute atomic E-state index is 12.3. The molecule has 7 heteroatoms. The number of amides is 1. The Morgan fingerprint density at radius 1 is 1.29 bits per heavy atom. The summed E-state index contributed by atoms with van der Waals surface area (Å²) in [6.45, 7) is 2.33. The molecular weight excluding hydrogens is 358 g/mol. The van der Waals surface area contributed by atoms with Crippen LogP contribution in [0.1, 0.15) is 36.6 Å². The molecule has 0 spiro atoms. The average molecular weight is 383 g/mol. The standard InChI is InChI=1S/C21H25N3O4/c1-26-20-12-16(13-22)7-8-19(20)28-15-21(25)23-14-17(18-6-5-11-27-18)24-9-3-2-4-10-24/h5-8,11-12,17H,2-4,9-10,14-15H2,1H3,(H,23,25). The van der Waals surface area contributed by atoms with Crippen molar-refractivity contribution in [2.45, 2.75) is 25.3 Å². The maximum atomic E-state index is 12.3. The molecule has 1 aliphatic heterocycles. The molecule has 0 saturated carbocycles. The topological polar surface area (TPSA) is 87.7 Å². The van der Waals surface area contributed by atoms with E-state index in [1.54, 1.807) is 24.5 Å². The van der Waals surface area contributed by atoms with Gasteiger partial charge in [0.25, 0.3) is 5.91 Å². The van der Waals surface area contributed by atoms with Crippen LogP contribution in [0.2, 0.25) is 0 Å². The van der Waals surface area contributed by atoms with Crippen LogP contribution in [-0.2, 0) is 4.79 Å². The molecule has 1 fully saturated rings. The molecule has 1 aliphatic rings. The third kappa shape index (κ3) is 5.05. The summed E-state index contributed by atoms with van der Waals surface area (Å²) in [5.74, 6) is 1.49. The van der Waals surface area contributed by atoms with Crippen molar-refractivity contribution in [3.63, 3.8) is 0 Å². The number of nitrogens with one attached hydrogen (secondary N) is 1. The first-order valence-electron chi connectivity index (χ1n) is 9.46. The van der Waals surface area contributed by atoms with E-state index in [1.807, 2.05) is 18.2 Å². The van der Waals surface area contributed by atoms with Crippen molar-refractivity contribution in [1.29, 1.82) is 5.26 Å². The number of likely N-dealkylation sites (tertiary alicyclic amines) is 1. The zero-order valence-corrected chi connectivity index (χ0v) is 16.0. The van der Waals surface area contributed by atoms with Crippen LogP contribution >= 0.6 is 0 Å². The first kappa shape index (κ1) is 19.8. The zero-order chi connectivity index (χ0) is 19.8. The van der Waals surface area contributed by atoms with E-state index in [0.29, 0.717) is 23.6 Å². The molecule has 148 valence electrons. The molecule has 0 aliphatic carbocycles. The molecule has 2 aromatic rings. The third-order valence-electron chi connectivity index (χ3n) is 4.85. The second-order valence-electron chi connectivity index (χ2n) is 6.70. The van der Waals surface area contributed by atoms with Crippen molar-refractivity contribution in [3.8, 4) is 17.6 Å². The van der Waals surface area contributed by atoms with Crippen LogP contribution in [0.25, 0.3) is 0 Å². The van der Waals surface area contributed by atoms with Crippen LogP contribution in [0.15, 0.2) is 41.0 Å². The summed E-state index contributed by atoms with van der Waals surface area (Å²) in [5.41, 5.74) is 0.469. The number of methoxy groups -OCH3 is 1. The molecule has 0 radical (unpaired) electrons. The van der Waals surface area contributed by atoms with E-state index >= 15 is 0 Å². The van der Waals surface area contributed by atoms with E-state index < -0.39 is 0 Å². The number of piperidine rings is 1. The third-order valence-corrected chi connectivity index (χ3v) is 4.85. The van der Waals surface area contributed by atoms with Crippen molar-refractivity contribution >= 4 is 5.91 Å². The average Bonchev–Trinajstić information content (AvgIpc) is 3.27. The van der Waals surface area contributed by atoms with Crippen LogP contribution < -0.4 is 14.8 Å². The van der Waals surface area contributed by atoms with Crippen molar-refractivity contribution in [3.05, 3.63) is 47.9 Å². The molecule has 1 amide bonds. The zero-order valence-electron chi connectivity index (χ0n) is 16.0. The van der Waals surface area contributed by atoms with E-state index in [0.717, 1.165) is 31.7 Å². The fourth-order valence-corrected chi connectivity index (χ4v) is 3.38. The molecule has 0 bridgehead atoms. The SMILES string of the molecule is COc1cc(C#N)ccc1OCC(=O)NCC(c1ccco1)N1CCCCC1. The number of carbonyl (C=O) groups is 1. The summed E-state index contributed by atoms with van der Waals surface area (Å²) >= 11 is 0. The highest BCUT2D eigenvalue weighted by Gasteiger charge is 2.25. The van der Waals surface area contributed by atoms with E-state index in [1.165, 1.54) is 13.5 Å². The number of carbonyl (C=O) groups excluding carboxylic acids is 1. The van der Waals surface area contributed by atoms with Crippen molar-refractivity contribution in [2.75, 3.05) is 33.4 Å². The maximum Gasteiger partial charge on any atom is 0.258 e. The van der Waals surface area contributed by atoms with E-state index in [9.17, 15) is 4.79 Å². The minimum Gasteiger partial charge on any atom is -0.493 e. The molecule has 1 unspecified atom stereocenters. The van der Waals surface area contributed by atoms with Crippen LogP contribution in [0, 0.1) is 11.3 Å². The van der Waals surface area contributed by atoms with Gasteiger partial charge in [-0.1, -0.05) is 6.42 Å². The molecule has 1 aromatic carbocycles. The Balaban J connectivity index is 1.56. The van der Waals surface area contributed by atoms with E-state index in [-0.39, 0.29) is 18.6 Å². The lowest BCUT2D eigenvalue weighted by Crippen LogP contribution is -2.41. The quantitative estimate of drug-likeness (QED) is 0.754. The molecule has 1 saturated heterocycles. The largest absolute Gasteiger partial charge is 0.493 e. The van der Waals surface area contributed by atoms with Crippen LogP contribution in [0.5, 0.6) is 11.5 Å². The lowest BCUT2D eigenvalue weighted by molar-refractivity contribution is -0.123. The molecule has 28 heavy (non-hydrogen) atoms. The Morgan fingerprint density at radius 3 is 2.79 bits per heavy atom. The Labute approximate surface area is 164 Å². The van der Waals surface area contributed by atoms with Gasteiger partial charge in [0.15, 0.2) is 18.1 Å². The molecular formula is C21H25N3O4. The van der Waals surface area contributed by atoms with Gasteiger partial charge in [-0.05, 0) is 50.2 Å². The lowest BCUT2D eigenvalue weighted by Gasteiger charge is -2.33. The number of rotatable bonds is 8. The number of benzene rings is 1. The Morgan fingerprint density at radius 2 is 2.11 bits per heavy atom. The Bertz CT molecular complexity index is 808. The minimum atomic E-state index is -0.222. The second-order valence-corrected chi connectivity index (χ2v) is 6.70. The number of hydrogen-bond donors (Lipinski definition) is 1. The van der Waals surface area contributed by atoms with Crippen molar-refractivity contribution in [2.24, 2.45) is 0 Å². The monoisotopic (exact) mass is 383 g/mol. The first-order valence-corrected chi connectivity index (χ1v) is 9.46. The summed E-state index contributed by atoms with van der Waals surface area (Å²) in [6, 6.07) is 10.7. The van der Waals surface area contributed by atoms with Gasteiger partial charge in [-0.15, -0.1) is 0 Å². The van der Waals surface area contributed by atoms with E-state index in [4.69, 9.17) is 19.2 Å². The van der Waals surface area contributed by atoms with Crippen LogP contribution in [-0.4, -0.2) is 44.2 Å². The molecule has 3 rings (SSSR count). The van der Waals surface area contributed by atoms with Gasteiger partial charge in [-0.25, -0.2) is 0 Å². The predicted octanol–water partition coefficient (Wildman–Crippen LogP) is 2.88. The molecule has 1 N–H and O–H groups in total. The predicted molar refractivity (Wildman–Crippen MR) is 103 cm³/mol. The van der Waals surface area contributed by atoms with Gasteiger partial charge in [0, 0.05) is 12.6 Å². The Hall–Kier alpha value is -2.98. The fraction of sp³-hybridized carbons (Fsp3) is 0.429. The number of nitriles is 1. The first-order chi connectivity index (χ1) is 13.7. The normalized spacial score (nSPS) is 15.4. The van der Waals surface area contributed by atoms with Gasteiger partial charge >= 0.3 is 0 Å². The second kappa shape index (κ2) is 9.81. The summed E-state index contributed by atoms with van der Waals surface area (Å²) in [6.07, 6.45) is 5.22. The van der Waals surface area contributed by atoms with E-state index in [2.05, 4.69) is 10.2 Å². The van der Waals surface area contributed by atoms with Gasteiger partial charge in [-0.2, -0.15) is 5.26 Å². The fourth-order valence-electron chi connectivity index (χ4n) is 3.38. The van der Waals surface area contributed by atoms with Gasteiger partial charge in [0.1, 0.15) is 5.76 Å². The lowest BCUT2D eigenvalue weighted by atomic mass is 10.1.